The molecular weight excluding hydrogens is 256 g/mol. The van der Waals surface area contributed by atoms with Crippen LogP contribution >= 0.6 is 0 Å². The third kappa shape index (κ3) is 2.07. The van der Waals surface area contributed by atoms with Gasteiger partial charge in [-0.1, -0.05) is 18.2 Å². The van der Waals surface area contributed by atoms with Gasteiger partial charge in [0, 0.05) is 5.56 Å². The molecule has 0 fully saturated rings. The van der Waals surface area contributed by atoms with Crippen LogP contribution in [-0.4, -0.2) is 10.9 Å². The number of nitrogens with two attached hydrogens (primary N) is 1. The number of ether oxygens (including phenoxy) is 1. The Morgan fingerprint density at radius 1 is 1.15 bits per heavy atom. The van der Waals surface area contributed by atoms with Gasteiger partial charge in [-0.25, -0.2) is 0 Å². The number of rotatable bonds is 3. The lowest BCUT2D eigenvalue weighted by molar-refractivity contribution is 0.0998. The molecule has 20 heavy (non-hydrogen) atoms. The number of hydrogen-bond acceptors (Lipinski definition) is 3. The van der Waals surface area contributed by atoms with Gasteiger partial charge < -0.3 is 10.5 Å². The van der Waals surface area contributed by atoms with Crippen LogP contribution < -0.4 is 16.0 Å². The normalized spacial score (nSPS) is 13.0. The average molecular weight is 270 g/mol. The number of hydrogen-bond donors (Lipinski definition) is 2. The molecule has 1 aromatic heterocycles. The molecule has 0 bridgehead atoms. The summed E-state index contributed by atoms with van der Waals surface area (Å²) < 4.78 is 5.73. The molecule has 1 aromatic carbocycles. The number of aromatic amines is 1. The first-order valence-electron chi connectivity index (χ1n) is 6.47. The van der Waals surface area contributed by atoms with E-state index in [1.54, 1.807) is 0 Å². The minimum Gasteiger partial charge on any atom is -0.441 e. The van der Waals surface area contributed by atoms with E-state index in [-0.39, 0.29) is 5.56 Å². The summed E-state index contributed by atoms with van der Waals surface area (Å²) in [6.45, 7) is 0. The van der Waals surface area contributed by atoms with E-state index in [4.69, 9.17) is 10.5 Å². The second-order valence-electron chi connectivity index (χ2n) is 4.75. The zero-order chi connectivity index (χ0) is 14.1. The number of fused-ring (bicyclic) bond motifs is 1. The number of benzene rings is 1. The van der Waals surface area contributed by atoms with E-state index in [0.717, 1.165) is 24.0 Å². The highest BCUT2D eigenvalue weighted by Gasteiger charge is 2.25. The molecule has 3 rings (SSSR count). The van der Waals surface area contributed by atoms with Gasteiger partial charge in [-0.3, -0.25) is 14.6 Å². The molecular formula is C15H14N2O3. The molecule has 0 saturated carbocycles. The van der Waals surface area contributed by atoms with E-state index in [9.17, 15) is 9.59 Å². The summed E-state index contributed by atoms with van der Waals surface area (Å²) in [6, 6.07) is 9.20. The Morgan fingerprint density at radius 2 is 1.85 bits per heavy atom. The maximum atomic E-state index is 12.0. The van der Waals surface area contributed by atoms with Gasteiger partial charge in [-0.05, 0) is 37.0 Å². The van der Waals surface area contributed by atoms with Crippen molar-refractivity contribution in [2.75, 3.05) is 0 Å². The quantitative estimate of drug-likeness (QED) is 0.891. The maximum absolute atomic E-state index is 12.0. The van der Waals surface area contributed by atoms with E-state index < -0.39 is 11.5 Å². The minimum absolute atomic E-state index is 0.0675. The van der Waals surface area contributed by atoms with Crippen LogP contribution in [0.4, 0.5) is 0 Å². The largest absolute Gasteiger partial charge is 0.441 e. The number of nitrogens with one attached hydrogen (secondary N) is 1. The van der Waals surface area contributed by atoms with Crippen LogP contribution in [0.25, 0.3) is 0 Å². The molecule has 3 N–H and O–H groups in total. The van der Waals surface area contributed by atoms with Crippen molar-refractivity contribution in [2.45, 2.75) is 19.3 Å². The highest BCUT2D eigenvalue weighted by Crippen LogP contribution is 2.32. The van der Waals surface area contributed by atoms with Crippen LogP contribution in [0.2, 0.25) is 0 Å². The number of carbonyl (C=O) groups is 1. The lowest BCUT2D eigenvalue weighted by atomic mass is 10.1. The third-order valence-corrected chi connectivity index (χ3v) is 3.46. The van der Waals surface area contributed by atoms with E-state index in [1.165, 1.54) is 0 Å². The topological polar surface area (TPSA) is 85.2 Å². The molecule has 0 atom stereocenters. The Labute approximate surface area is 115 Å². The lowest BCUT2D eigenvalue weighted by Gasteiger charge is -2.11. The minimum atomic E-state index is -0.685. The molecule has 1 aliphatic carbocycles. The van der Waals surface area contributed by atoms with E-state index in [2.05, 4.69) is 4.98 Å². The first-order chi connectivity index (χ1) is 9.66. The molecule has 5 nitrogen and oxygen atoms in total. The van der Waals surface area contributed by atoms with Gasteiger partial charge in [0.05, 0.1) is 0 Å². The summed E-state index contributed by atoms with van der Waals surface area (Å²) in [5.74, 6) is 0.374. The number of amides is 1. The summed E-state index contributed by atoms with van der Waals surface area (Å²) in [7, 11) is 0. The van der Waals surface area contributed by atoms with Gasteiger partial charge in [0.1, 0.15) is 11.3 Å². The number of aromatic nitrogens is 1. The monoisotopic (exact) mass is 270 g/mol. The average Bonchev–Trinajstić information content (AvgIpc) is 2.88. The zero-order valence-corrected chi connectivity index (χ0v) is 10.8. The van der Waals surface area contributed by atoms with E-state index >= 15 is 0 Å². The van der Waals surface area contributed by atoms with Crippen LogP contribution in [-0.2, 0) is 12.8 Å². The highest BCUT2D eigenvalue weighted by molar-refractivity contribution is 5.94. The van der Waals surface area contributed by atoms with Crippen LogP contribution in [0, 0.1) is 0 Å². The van der Waals surface area contributed by atoms with E-state index in [0.29, 0.717) is 18.1 Å². The fourth-order valence-corrected chi connectivity index (χ4v) is 2.60. The van der Waals surface area contributed by atoms with Crippen molar-refractivity contribution in [3.63, 3.8) is 0 Å². The maximum Gasteiger partial charge on any atom is 0.263 e. The van der Waals surface area contributed by atoms with Gasteiger partial charge in [-0.2, -0.15) is 0 Å². The molecule has 2 aromatic rings. The molecule has 0 saturated heterocycles. The van der Waals surface area contributed by atoms with Gasteiger partial charge >= 0.3 is 0 Å². The van der Waals surface area contributed by atoms with E-state index in [1.807, 2.05) is 30.3 Å². The van der Waals surface area contributed by atoms with Crippen LogP contribution in [0.1, 0.15) is 27.9 Å². The Bertz CT molecular complexity index is 720. The SMILES string of the molecule is NC(=O)c1c2c(c(Oc3ccccc3)[nH]c1=O)CCC2. The first-order valence-corrected chi connectivity index (χ1v) is 6.47. The number of para-hydroxylation sites is 1. The predicted molar refractivity (Wildman–Crippen MR) is 74.1 cm³/mol. The molecule has 102 valence electrons. The van der Waals surface area contributed by atoms with Crippen molar-refractivity contribution >= 4 is 5.91 Å². The standard InChI is InChI=1S/C15H14N2O3/c16-13(18)12-10-7-4-8-11(10)15(17-14(12)19)20-9-5-2-1-3-6-9/h1-3,5-6H,4,7-8H2,(H2,16,18)(H,17,19). The second-order valence-corrected chi connectivity index (χ2v) is 4.75. The first kappa shape index (κ1) is 12.5. The third-order valence-electron chi connectivity index (χ3n) is 3.46. The summed E-state index contributed by atoms with van der Waals surface area (Å²) in [6.07, 6.45) is 2.34. The van der Waals surface area contributed by atoms with Crippen LogP contribution in [0.3, 0.4) is 0 Å². The van der Waals surface area contributed by atoms with Crippen molar-refractivity contribution in [1.29, 1.82) is 0 Å². The summed E-state index contributed by atoms with van der Waals surface area (Å²) in [5.41, 5.74) is 6.48. The summed E-state index contributed by atoms with van der Waals surface area (Å²) in [5, 5.41) is 0. The predicted octanol–water partition coefficient (Wildman–Crippen LogP) is 1.75. The van der Waals surface area contributed by atoms with Crippen molar-refractivity contribution in [1.82, 2.24) is 4.98 Å². The van der Waals surface area contributed by atoms with Gasteiger partial charge in [-0.15, -0.1) is 0 Å². The van der Waals surface area contributed by atoms with Crippen LogP contribution in [0.5, 0.6) is 11.6 Å². The number of primary amides is 1. The van der Waals surface area contributed by atoms with Crippen molar-refractivity contribution < 1.29 is 9.53 Å². The molecule has 0 aliphatic heterocycles. The molecule has 1 aliphatic rings. The molecule has 0 radical (unpaired) electrons. The Balaban J connectivity index is 2.10. The fourth-order valence-electron chi connectivity index (χ4n) is 2.60. The molecule has 0 unspecified atom stereocenters. The van der Waals surface area contributed by atoms with Crippen LogP contribution in [0.15, 0.2) is 35.1 Å². The second kappa shape index (κ2) is 4.85. The molecule has 1 amide bonds. The van der Waals surface area contributed by atoms with Crippen molar-refractivity contribution in [2.24, 2.45) is 5.73 Å². The molecule has 0 spiro atoms. The fraction of sp³-hybridized carbons (Fsp3) is 0.200. The smallest absolute Gasteiger partial charge is 0.263 e. The number of pyridine rings is 1. The lowest BCUT2D eigenvalue weighted by Crippen LogP contribution is -2.26. The molecule has 1 heterocycles. The van der Waals surface area contributed by atoms with Gasteiger partial charge in [0.2, 0.25) is 5.88 Å². The van der Waals surface area contributed by atoms with Crippen molar-refractivity contribution in [3.05, 3.63) is 57.4 Å². The highest BCUT2D eigenvalue weighted by atomic mass is 16.5. The summed E-state index contributed by atoms with van der Waals surface area (Å²) in [4.78, 5) is 26.0. The van der Waals surface area contributed by atoms with Gasteiger partial charge in [0.15, 0.2) is 0 Å². The number of carbonyl (C=O) groups excluding carboxylic acids is 1. The Morgan fingerprint density at radius 3 is 2.55 bits per heavy atom. The van der Waals surface area contributed by atoms with Gasteiger partial charge in [0.25, 0.3) is 11.5 Å². The Kier molecular flexibility index (Phi) is 3.02. The summed E-state index contributed by atoms with van der Waals surface area (Å²) >= 11 is 0. The zero-order valence-electron chi connectivity index (χ0n) is 10.8. The number of H-pyrrole nitrogens is 1. The van der Waals surface area contributed by atoms with Crippen molar-refractivity contribution in [3.8, 4) is 11.6 Å². The molecule has 5 heteroatoms. The Hall–Kier alpha value is -2.56.